The minimum absolute atomic E-state index is 0.356. The first-order valence-corrected chi connectivity index (χ1v) is 16.5. The second kappa shape index (κ2) is 14.8. The van der Waals surface area contributed by atoms with Crippen molar-refractivity contribution >= 4 is 33.7 Å². The third kappa shape index (κ3) is 6.15. The number of hydrogen-bond donors (Lipinski definition) is 12. The quantitative estimate of drug-likeness (QED) is 0.0595. The monoisotopic (exact) mass is 730 g/mol. The van der Waals surface area contributed by atoms with Crippen molar-refractivity contribution in [2.24, 2.45) is 0 Å². The summed E-state index contributed by atoms with van der Waals surface area (Å²) in [4.78, 5) is 33.2. The van der Waals surface area contributed by atoms with Crippen molar-refractivity contribution in [3.05, 3.63) is 72.1 Å². The van der Waals surface area contributed by atoms with Gasteiger partial charge >= 0.3 is 11.9 Å². The molecule has 0 radical (unpaired) electrons. The molecule has 0 spiro atoms. The van der Waals surface area contributed by atoms with E-state index in [0.29, 0.717) is 43.0 Å². The molecule has 0 aliphatic carbocycles. The Morgan fingerprint density at radius 2 is 1.19 bits per heavy atom. The van der Waals surface area contributed by atoms with Crippen LogP contribution in [-0.2, 0) is 31.9 Å². The molecular formula is C34H42N4O14. The number of hydrazine groups is 1. The van der Waals surface area contributed by atoms with Crippen molar-refractivity contribution in [3.8, 4) is 0 Å². The fraction of sp³-hybridized carbons (Fsp3) is 0.471. The average molecular weight is 731 g/mol. The number of carboxylic acids is 2. The molecule has 10 atom stereocenters. The summed E-state index contributed by atoms with van der Waals surface area (Å²) in [5.41, 5.74) is -3.72. The normalized spacial score (nSPS) is 30.7. The largest absolute Gasteiger partial charge is 0.480 e. The summed E-state index contributed by atoms with van der Waals surface area (Å²) < 4.78 is 11.8. The summed E-state index contributed by atoms with van der Waals surface area (Å²) in [6.07, 6.45) is -10.1. The molecular weight excluding hydrogens is 688 g/mol. The highest BCUT2D eigenvalue weighted by molar-refractivity contribution is 5.85. The van der Waals surface area contributed by atoms with E-state index in [-0.39, 0.29) is 0 Å². The highest BCUT2D eigenvalue weighted by Gasteiger charge is 2.67. The van der Waals surface area contributed by atoms with Crippen LogP contribution in [0.3, 0.4) is 0 Å². The van der Waals surface area contributed by atoms with Gasteiger partial charge in [0.15, 0.2) is 11.4 Å². The molecule has 52 heavy (non-hydrogen) atoms. The van der Waals surface area contributed by atoms with Crippen LogP contribution in [0.1, 0.15) is 11.1 Å². The van der Waals surface area contributed by atoms with E-state index in [4.69, 9.17) is 9.47 Å². The number of carbonyl (C=O) groups is 2. The number of ether oxygens (including phenoxy) is 2. The summed E-state index contributed by atoms with van der Waals surface area (Å²) >= 11 is 0. The molecule has 4 heterocycles. The number of rotatable bonds is 14. The number of H-pyrrole nitrogens is 2. The van der Waals surface area contributed by atoms with E-state index in [1.807, 2.05) is 0 Å². The zero-order chi connectivity index (χ0) is 37.5. The summed E-state index contributed by atoms with van der Waals surface area (Å²) in [7, 11) is 0. The Morgan fingerprint density at radius 3 is 1.63 bits per heavy atom. The lowest BCUT2D eigenvalue weighted by Crippen LogP contribution is -2.81. The zero-order valence-corrected chi connectivity index (χ0v) is 27.6. The first-order chi connectivity index (χ1) is 24.8. The maximum atomic E-state index is 13.6. The van der Waals surface area contributed by atoms with Crippen LogP contribution in [0, 0.1) is 0 Å². The second-order valence-electron chi connectivity index (χ2n) is 13.1. The van der Waals surface area contributed by atoms with Gasteiger partial charge in [0.25, 0.3) is 0 Å². The lowest BCUT2D eigenvalue weighted by Gasteiger charge is -2.59. The third-order valence-corrected chi connectivity index (χ3v) is 10.2. The number of fused-ring (bicyclic) bond motifs is 2. The molecule has 2 aliphatic rings. The molecule has 2 unspecified atom stereocenters. The number of aromatic nitrogens is 2. The Labute approximate surface area is 295 Å². The van der Waals surface area contributed by atoms with Gasteiger partial charge in [-0.1, -0.05) is 36.4 Å². The van der Waals surface area contributed by atoms with E-state index < -0.39 is 111 Å². The molecule has 0 bridgehead atoms. The van der Waals surface area contributed by atoms with E-state index in [1.54, 1.807) is 48.5 Å². The number of hydrogen-bond acceptors (Lipinski definition) is 14. The maximum Gasteiger partial charge on any atom is 0.322 e. The third-order valence-electron chi connectivity index (χ3n) is 10.2. The number of nitrogens with zero attached hydrogens (tertiary/aromatic N) is 2. The van der Waals surface area contributed by atoms with Crippen LogP contribution in [0.2, 0.25) is 0 Å². The lowest BCUT2D eigenvalue weighted by atomic mass is 9.90. The summed E-state index contributed by atoms with van der Waals surface area (Å²) in [6.45, 7) is -4.45. The van der Waals surface area contributed by atoms with Crippen LogP contribution in [0.5, 0.6) is 0 Å². The molecule has 0 amide bonds. The van der Waals surface area contributed by atoms with Crippen molar-refractivity contribution in [3.63, 3.8) is 0 Å². The van der Waals surface area contributed by atoms with Gasteiger partial charge in [-0.05, 0) is 23.3 Å². The lowest BCUT2D eigenvalue weighted by molar-refractivity contribution is -0.393. The number of benzene rings is 2. The molecule has 0 saturated carbocycles. The predicted octanol–water partition coefficient (Wildman–Crippen LogP) is -2.54. The van der Waals surface area contributed by atoms with Gasteiger partial charge in [0.2, 0.25) is 0 Å². The number of aliphatic carboxylic acids is 2. The molecule has 18 heteroatoms. The molecule has 2 aliphatic heterocycles. The van der Waals surface area contributed by atoms with Crippen molar-refractivity contribution < 1.29 is 70.1 Å². The van der Waals surface area contributed by atoms with Gasteiger partial charge in [0.05, 0.1) is 26.4 Å². The Hall–Kier alpha value is -4.02. The summed E-state index contributed by atoms with van der Waals surface area (Å²) in [5, 5.41) is 113. The van der Waals surface area contributed by atoms with Crippen LogP contribution >= 0.6 is 0 Å². The predicted molar refractivity (Wildman–Crippen MR) is 178 cm³/mol. The standard InChI is InChI=1S/C34H42N4O14/c39-13-26-28(44)30(46)34(16-41,52-26)38(24(32(49)50)10-18-12-36-22-8-4-2-6-20(18)22)37(33(15-40)29(45)27(43)25(42)14-51-33)23(31(47)48)9-17-11-35-21-7-3-1-5-19(17)21/h1-8,11-12,23-30,35-36,39-46H,9-10,13-16H2,(H,47,48)(H,49,50)/t23-,24-,25+,26+,27+,28+,29-,30-,33?,34?/m0/s1. The molecule has 12 N–H and O–H groups in total. The Kier molecular flexibility index (Phi) is 10.7. The Balaban J connectivity index is 1.65. The number of aliphatic hydroxyl groups excluding tert-OH is 8. The van der Waals surface area contributed by atoms with E-state index in [0.717, 1.165) is 0 Å². The Morgan fingerprint density at radius 1 is 0.731 bits per heavy atom. The van der Waals surface area contributed by atoms with Crippen LogP contribution in [0.25, 0.3) is 21.8 Å². The average Bonchev–Trinajstić information content (AvgIpc) is 3.82. The second-order valence-corrected chi connectivity index (χ2v) is 13.1. The van der Waals surface area contributed by atoms with Gasteiger partial charge in [-0.3, -0.25) is 9.59 Å². The number of aliphatic hydroxyl groups is 8. The first kappa shape index (κ1) is 37.7. The van der Waals surface area contributed by atoms with Crippen LogP contribution in [-0.4, -0.2) is 170 Å². The highest BCUT2D eigenvalue weighted by Crippen LogP contribution is 2.44. The van der Waals surface area contributed by atoms with Gasteiger partial charge in [0.1, 0.15) is 48.7 Å². The van der Waals surface area contributed by atoms with Crippen LogP contribution < -0.4 is 0 Å². The highest BCUT2D eigenvalue weighted by atomic mass is 16.6. The molecule has 282 valence electrons. The molecule has 2 aromatic carbocycles. The number of nitrogens with one attached hydrogen (secondary N) is 2. The van der Waals surface area contributed by atoms with Crippen molar-refractivity contribution in [2.75, 3.05) is 26.4 Å². The fourth-order valence-electron chi connectivity index (χ4n) is 7.48. The van der Waals surface area contributed by atoms with E-state index >= 15 is 0 Å². The summed E-state index contributed by atoms with van der Waals surface area (Å²) in [6, 6.07) is 9.55. The molecule has 2 saturated heterocycles. The van der Waals surface area contributed by atoms with Gasteiger partial charge in [-0.25, -0.2) is 0 Å². The van der Waals surface area contributed by atoms with Crippen LogP contribution in [0.4, 0.5) is 0 Å². The van der Waals surface area contributed by atoms with Gasteiger partial charge in [-0.2, -0.15) is 10.0 Å². The molecule has 2 aromatic heterocycles. The molecule has 2 fully saturated rings. The maximum absolute atomic E-state index is 13.6. The van der Waals surface area contributed by atoms with Crippen molar-refractivity contribution in [2.45, 2.75) is 73.0 Å². The van der Waals surface area contributed by atoms with E-state index in [1.165, 1.54) is 12.4 Å². The first-order valence-electron chi connectivity index (χ1n) is 16.5. The number of para-hydroxylation sites is 2. The topological polar surface area (TPSA) is 293 Å². The minimum Gasteiger partial charge on any atom is -0.480 e. The molecule has 18 nitrogen and oxygen atoms in total. The van der Waals surface area contributed by atoms with Crippen LogP contribution in [0.15, 0.2) is 60.9 Å². The van der Waals surface area contributed by atoms with E-state index in [2.05, 4.69) is 9.97 Å². The van der Waals surface area contributed by atoms with Crippen molar-refractivity contribution in [1.82, 2.24) is 20.0 Å². The zero-order valence-electron chi connectivity index (χ0n) is 27.6. The van der Waals surface area contributed by atoms with Gasteiger partial charge in [0, 0.05) is 47.0 Å². The van der Waals surface area contributed by atoms with Gasteiger partial charge < -0.3 is 70.5 Å². The smallest absolute Gasteiger partial charge is 0.322 e. The Bertz CT molecular complexity index is 1780. The minimum atomic E-state index is -2.82. The summed E-state index contributed by atoms with van der Waals surface area (Å²) in [5.74, 6) is -3.37. The fourth-order valence-corrected chi connectivity index (χ4v) is 7.48. The molecule has 6 rings (SSSR count). The SMILES string of the molecule is O=C(O)[C@H](Cc1c[nH]c2ccccc12)N(N([C@@H](Cc1c[nH]c2ccccc12)C(=O)O)C1(CO)O[C@H](CO)[C@@H](O)[C@@H]1O)C1(CO)OC[C@@H](O)[C@@H](O)[C@@H]1O. The van der Waals surface area contributed by atoms with E-state index in [9.17, 15) is 60.7 Å². The molecule has 4 aromatic rings. The van der Waals surface area contributed by atoms with Gasteiger partial charge in [-0.15, -0.1) is 0 Å². The number of carboxylic acid groups (broad SMARTS) is 2. The van der Waals surface area contributed by atoms with Crippen molar-refractivity contribution in [1.29, 1.82) is 0 Å². The number of aromatic amines is 2.